The molecule has 174 valence electrons. The summed E-state index contributed by atoms with van der Waals surface area (Å²) in [6, 6.07) is 7.43. The summed E-state index contributed by atoms with van der Waals surface area (Å²) in [5.41, 5.74) is 7.01. The molecule has 0 atom stereocenters. The molecule has 4 rings (SSSR count). The number of aromatic nitrogens is 3. The van der Waals surface area contributed by atoms with Crippen LogP contribution in [0.1, 0.15) is 41.5 Å². The Hall–Kier alpha value is -3.50. The van der Waals surface area contributed by atoms with Gasteiger partial charge in [0.2, 0.25) is 5.82 Å². The Bertz CT molecular complexity index is 1190. The molecule has 10 heteroatoms. The van der Waals surface area contributed by atoms with Crippen LogP contribution in [0.25, 0.3) is 17.1 Å². The zero-order chi connectivity index (χ0) is 23.7. The van der Waals surface area contributed by atoms with Gasteiger partial charge in [-0.15, -0.1) is 10.2 Å². The number of hydrogen-bond acceptors (Lipinski definition) is 7. The third kappa shape index (κ3) is 4.53. The van der Waals surface area contributed by atoms with Crippen LogP contribution < -0.4 is 5.73 Å². The van der Waals surface area contributed by atoms with Gasteiger partial charge in [0.15, 0.2) is 5.82 Å². The molecular weight excluding hydrogens is 429 g/mol. The van der Waals surface area contributed by atoms with E-state index in [2.05, 4.69) is 15.1 Å². The van der Waals surface area contributed by atoms with Crippen LogP contribution in [-0.2, 0) is 11.3 Å². The third-order valence-electron chi connectivity index (χ3n) is 5.65. The molecule has 0 unspecified atom stereocenters. The topological polar surface area (TPSA) is 127 Å². The molecule has 2 heterocycles. The van der Waals surface area contributed by atoms with Gasteiger partial charge < -0.3 is 20.7 Å². The Morgan fingerprint density at radius 2 is 1.88 bits per heavy atom. The van der Waals surface area contributed by atoms with E-state index < -0.39 is 11.7 Å². The van der Waals surface area contributed by atoms with Crippen molar-refractivity contribution in [2.24, 2.45) is 5.73 Å². The Labute approximate surface area is 190 Å². The van der Waals surface area contributed by atoms with E-state index in [9.17, 15) is 15.0 Å². The van der Waals surface area contributed by atoms with Gasteiger partial charge in [-0.1, -0.05) is 19.9 Å². The summed E-state index contributed by atoms with van der Waals surface area (Å²) in [7, 11) is 0. The molecule has 1 amide bonds. The molecule has 0 radical (unpaired) electrons. The number of ether oxygens (including phenoxy) is 1. The molecule has 0 spiro atoms. The van der Waals surface area contributed by atoms with Crippen molar-refractivity contribution in [3.63, 3.8) is 0 Å². The Balaban J connectivity index is 1.79. The van der Waals surface area contributed by atoms with Crippen molar-refractivity contribution in [1.82, 2.24) is 19.7 Å². The van der Waals surface area contributed by atoms with Gasteiger partial charge in [-0.25, -0.2) is 4.39 Å². The fourth-order valence-electron chi connectivity index (χ4n) is 3.93. The molecule has 1 aliphatic heterocycles. The maximum Gasteiger partial charge on any atom is 0.287 e. The summed E-state index contributed by atoms with van der Waals surface area (Å²) >= 11 is 0. The molecule has 1 fully saturated rings. The van der Waals surface area contributed by atoms with Crippen molar-refractivity contribution in [2.75, 3.05) is 26.3 Å². The van der Waals surface area contributed by atoms with Crippen molar-refractivity contribution in [2.45, 2.75) is 26.3 Å². The van der Waals surface area contributed by atoms with Crippen molar-refractivity contribution < 1.29 is 24.1 Å². The summed E-state index contributed by atoms with van der Waals surface area (Å²) in [4.78, 5) is 14.2. The van der Waals surface area contributed by atoms with Gasteiger partial charge in [0.25, 0.3) is 5.91 Å². The summed E-state index contributed by atoms with van der Waals surface area (Å²) in [5, 5.41) is 28.5. The SMILES string of the molecule is CC(C)c1cc(-c2nnc(C(N)=O)n2-c2ccc(CN3CCOCC3)cc2F)c(O)cc1O. The Morgan fingerprint density at radius 3 is 2.52 bits per heavy atom. The van der Waals surface area contributed by atoms with Crippen molar-refractivity contribution >= 4 is 5.91 Å². The van der Waals surface area contributed by atoms with E-state index in [1.807, 2.05) is 13.8 Å². The highest BCUT2D eigenvalue weighted by atomic mass is 19.1. The minimum atomic E-state index is -0.895. The zero-order valence-electron chi connectivity index (χ0n) is 18.5. The van der Waals surface area contributed by atoms with Gasteiger partial charge in [-0.3, -0.25) is 14.3 Å². The number of carbonyl (C=O) groups is 1. The molecule has 0 aliphatic carbocycles. The van der Waals surface area contributed by atoms with E-state index in [1.54, 1.807) is 12.1 Å². The summed E-state index contributed by atoms with van der Waals surface area (Å²) in [6.45, 7) is 7.13. The highest BCUT2D eigenvalue weighted by molar-refractivity contribution is 5.91. The number of phenolic OH excluding ortho intramolecular Hbond substituents is 2. The van der Waals surface area contributed by atoms with Crippen molar-refractivity contribution in [3.8, 4) is 28.6 Å². The molecule has 1 saturated heterocycles. The molecule has 4 N–H and O–H groups in total. The molecule has 0 saturated carbocycles. The normalized spacial score (nSPS) is 14.7. The van der Waals surface area contributed by atoms with Crippen LogP contribution in [0.3, 0.4) is 0 Å². The van der Waals surface area contributed by atoms with Crippen LogP contribution in [0.5, 0.6) is 11.5 Å². The molecule has 3 aromatic rings. The summed E-state index contributed by atoms with van der Waals surface area (Å²) < 4.78 is 21.8. The lowest BCUT2D eigenvalue weighted by Crippen LogP contribution is -2.35. The van der Waals surface area contributed by atoms with E-state index >= 15 is 4.39 Å². The standard InChI is InChI=1S/C23H26FN5O4/c1-13(2)15-10-16(20(31)11-19(15)30)22-26-27-23(21(25)32)29(22)18-4-3-14(9-17(18)24)12-28-5-7-33-8-6-28/h3-4,9-11,13,30-31H,5-8,12H2,1-2H3,(H2,25,32). The van der Waals surface area contributed by atoms with E-state index in [1.165, 1.54) is 22.8 Å². The molecule has 33 heavy (non-hydrogen) atoms. The van der Waals surface area contributed by atoms with Crippen LogP contribution in [-0.4, -0.2) is 62.1 Å². The summed E-state index contributed by atoms with van der Waals surface area (Å²) in [5.74, 6) is -2.16. The number of benzene rings is 2. The van der Waals surface area contributed by atoms with Crippen LogP contribution in [0.2, 0.25) is 0 Å². The van der Waals surface area contributed by atoms with Gasteiger partial charge in [-0.05, 0) is 35.2 Å². The lowest BCUT2D eigenvalue weighted by atomic mass is 9.98. The number of phenols is 2. The van der Waals surface area contributed by atoms with Crippen LogP contribution in [0.15, 0.2) is 30.3 Å². The third-order valence-corrected chi connectivity index (χ3v) is 5.65. The first-order valence-corrected chi connectivity index (χ1v) is 10.7. The first-order chi connectivity index (χ1) is 15.8. The maximum absolute atomic E-state index is 15.3. The molecule has 0 bridgehead atoms. The lowest BCUT2D eigenvalue weighted by Gasteiger charge is -2.26. The monoisotopic (exact) mass is 455 g/mol. The average Bonchev–Trinajstić information content (AvgIpc) is 3.19. The number of primary amides is 1. The average molecular weight is 455 g/mol. The molecule has 1 aromatic heterocycles. The number of nitrogens with two attached hydrogens (primary N) is 1. The fraction of sp³-hybridized carbons (Fsp3) is 0.348. The van der Waals surface area contributed by atoms with Gasteiger partial charge in [-0.2, -0.15) is 0 Å². The quantitative estimate of drug-likeness (QED) is 0.521. The van der Waals surface area contributed by atoms with Crippen LogP contribution in [0, 0.1) is 5.82 Å². The molecular formula is C23H26FN5O4. The van der Waals surface area contributed by atoms with Gasteiger partial charge in [0, 0.05) is 25.7 Å². The number of hydrogen-bond donors (Lipinski definition) is 3. The highest BCUT2D eigenvalue weighted by Crippen LogP contribution is 2.38. The number of aromatic hydroxyl groups is 2. The van der Waals surface area contributed by atoms with Gasteiger partial charge >= 0.3 is 0 Å². The van der Waals surface area contributed by atoms with Crippen LogP contribution in [0.4, 0.5) is 4.39 Å². The summed E-state index contributed by atoms with van der Waals surface area (Å²) in [6.07, 6.45) is 0. The minimum absolute atomic E-state index is 0.0214. The minimum Gasteiger partial charge on any atom is -0.508 e. The zero-order valence-corrected chi connectivity index (χ0v) is 18.5. The number of amides is 1. The van der Waals surface area contributed by atoms with E-state index in [-0.39, 0.29) is 40.3 Å². The molecule has 1 aliphatic rings. The number of rotatable bonds is 6. The number of morpholine rings is 1. The van der Waals surface area contributed by atoms with E-state index in [0.717, 1.165) is 18.7 Å². The van der Waals surface area contributed by atoms with Gasteiger partial charge in [0.1, 0.15) is 17.3 Å². The second-order valence-electron chi connectivity index (χ2n) is 8.30. The predicted molar refractivity (Wildman–Crippen MR) is 119 cm³/mol. The largest absolute Gasteiger partial charge is 0.508 e. The van der Waals surface area contributed by atoms with E-state index in [0.29, 0.717) is 25.3 Å². The number of halogens is 1. The highest BCUT2D eigenvalue weighted by Gasteiger charge is 2.25. The molecule has 9 nitrogen and oxygen atoms in total. The fourth-order valence-corrected chi connectivity index (χ4v) is 3.93. The second kappa shape index (κ2) is 9.16. The van der Waals surface area contributed by atoms with Crippen molar-refractivity contribution in [1.29, 1.82) is 0 Å². The van der Waals surface area contributed by atoms with E-state index in [4.69, 9.17) is 10.5 Å². The van der Waals surface area contributed by atoms with Gasteiger partial charge in [0.05, 0.1) is 24.5 Å². The van der Waals surface area contributed by atoms with Crippen molar-refractivity contribution in [3.05, 3.63) is 53.1 Å². The molecule has 2 aromatic carbocycles. The number of nitrogens with zero attached hydrogens (tertiary/aromatic N) is 4. The Kier molecular flexibility index (Phi) is 6.30. The predicted octanol–water partition coefficient (Wildman–Crippen LogP) is 2.54. The Morgan fingerprint density at radius 1 is 1.15 bits per heavy atom. The number of carbonyl (C=O) groups excluding carboxylic acids is 1. The lowest BCUT2D eigenvalue weighted by molar-refractivity contribution is 0.0341. The second-order valence-corrected chi connectivity index (χ2v) is 8.30. The first-order valence-electron chi connectivity index (χ1n) is 10.7. The maximum atomic E-state index is 15.3. The first kappa shape index (κ1) is 22.7. The van der Waals surface area contributed by atoms with Crippen LogP contribution >= 0.6 is 0 Å². The smallest absolute Gasteiger partial charge is 0.287 e.